The first-order valence-electron chi connectivity index (χ1n) is 3.66. The maximum Gasteiger partial charge on any atom is 0.0581 e. The van der Waals surface area contributed by atoms with Gasteiger partial charge in [-0.25, -0.2) is 0 Å². The lowest BCUT2D eigenvalue weighted by atomic mass is 10.1. The lowest BCUT2D eigenvalue weighted by molar-refractivity contribution is 1.35. The molecule has 0 saturated heterocycles. The van der Waals surface area contributed by atoms with E-state index in [1.54, 1.807) is 0 Å². The van der Waals surface area contributed by atoms with Crippen LogP contribution in [0.3, 0.4) is 0 Å². The molecule has 0 radical (unpaired) electrons. The molecule has 1 aromatic rings. The summed E-state index contributed by atoms with van der Waals surface area (Å²) in [7, 11) is 0. The predicted octanol–water partition coefficient (Wildman–Crippen LogP) is 2.60. The molecule has 0 bridgehead atoms. The van der Waals surface area contributed by atoms with Gasteiger partial charge in [-0.2, -0.15) is 12.6 Å². The summed E-state index contributed by atoms with van der Waals surface area (Å²) in [6.07, 6.45) is 0. The summed E-state index contributed by atoms with van der Waals surface area (Å²) in [6.45, 7) is 4.17. The minimum absolute atomic E-state index is 0.685. The highest BCUT2D eigenvalue weighted by Crippen LogP contribution is 2.15. The van der Waals surface area contributed by atoms with Gasteiger partial charge in [-0.05, 0) is 31.0 Å². The molecule has 1 N–H and O–H groups in total. The van der Waals surface area contributed by atoms with Crippen LogP contribution >= 0.6 is 12.6 Å². The maximum absolute atomic E-state index is 4.10. The van der Waals surface area contributed by atoms with Gasteiger partial charge in [0.25, 0.3) is 0 Å². The van der Waals surface area contributed by atoms with Crippen LogP contribution in [-0.2, 0) is 0 Å². The highest BCUT2D eigenvalue weighted by atomic mass is 32.1. The van der Waals surface area contributed by atoms with E-state index in [0.717, 1.165) is 0 Å². The van der Waals surface area contributed by atoms with E-state index >= 15 is 0 Å². The van der Waals surface area contributed by atoms with Gasteiger partial charge in [0.05, 0.1) is 5.88 Å². The fourth-order valence-electron chi connectivity index (χ4n) is 1.01. The van der Waals surface area contributed by atoms with Crippen LogP contribution in [-0.4, -0.2) is 5.88 Å². The third-order valence-corrected chi connectivity index (χ3v) is 1.82. The minimum atomic E-state index is 0.685. The third-order valence-electron chi connectivity index (χ3n) is 1.66. The van der Waals surface area contributed by atoms with E-state index in [4.69, 9.17) is 0 Å². The predicted molar refractivity (Wildman–Crippen MR) is 53.4 cm³/mol. The Morgan fingerprint density at radius 2 is 2.09 bits per heavy atom. The fraction of sp³-hybridized carbons (Fsp3) is 0.333. The van der Waals surface area contributed by atoms with E-state index in [1.165, 1.54) is 16.8 Å². The van der Waals surface area contributed by atoms with Gasteiger partial charge in [0.15, 0.2) is 0 Å². The van der Waals surface area contributed by atoms with Crippen LogP contribution < -0.4 is 5.32 Å². The molecule has 0 atom stereocenters. The zero-order valence-electron chi connectivity index (χ0n) is 6.89. The van der Waals surface area contributed by atoms with E-state index < -0.39 is 0 Å². The number of thiol groups is 1. The summed E-state index contributed by atoms with van der Waals surface area (Å²) < 4.78 is 0. The van der Waals surface area contributed by atoms with Gasteiger partial charge in [0.2, 0.25) is 0 Å². The van der Waals surface area contributed by atoms with Crippen molar-refractivity contribution in [1.29, 1.82) is 0 Å². The maximum atomic E-state index is 4.10. The standard InChI is InChI=1S/C9H13NS/c1-7-3-4-8(2)9(5-7)10-6-11/h3-5,10-11H,6H2,1-2H3. The molecule has 0 amide bonds. The smallest absolute Gasteiger partial charge is 0.0581 e. The zero-order valence-corrected chi connectivity index (χ0v) is 7.78. The van der Waals surface area contributed by atoms with Crippen LogP contribution in [0.25, 0.3) is 0 Å². The summed E-state index contributed by atoms with van der Waals surface area (Å²) in [4.78, 5) is 0. The number of benzene rings is 1. The number of nitrogens with one attached hydrogen (secondary N) is 1. The number of aryl methyl sites for hydroxylation is 2. The van der Waals surface area contributed by atoms with Crippen molar-refractivity contribution in [2.24, 2.45) is 0 Å². The summed E-state index contributed by atoms with van der Waals surface area (Å²) in [5, 5.41) is 3.18. The van der Waals surface area contributed by atoms with Crippen molar-refractivity contribution in [1.82, 2.24) is 0 Å². The van der Waals surface area contributed by atoms with Gasteiger partial charge >= 0.3 is 0 Å². The summed E-state index contributed by atoms with van der Waals surface area (Å²) >= 11 is 4.10. The minimum Gasteiger partial charge on any atom is -0.376 e. The normalized spacial score (nSPS) is 9.73. The molecule has 0 spiro atoms. The second-order valence-electron chi connectivity index (χ2n) is 2.65. The molecule has 1 aromatic carbocycles. The van der Waals surface area contributed by atoms with Crippen molar-refractivity contribution in [3.8, 4) is 0 Å². The van der Waals surface area contributed by atoms with Crippen LogP contribution in [0, 0.1) is 13.8 Å². The highest BCUT2D eigenvalue weighted by Gasteiger charge is 1.94. The van der Waals surface area contributed by atoms with Crippen molar-refractivity contribution in [2.75, 3.05) is 11.2 Å². The van der Waals surface area contributed by atoms with Gasteiger partial charge in [-0.3, -0.25) is 0 Å². The number of hydrogen-bond acceptors (Lipinski definition) is 2. The van der Waals surface area contributed by atoms with Crippen LogP contribution in [0.15, 0.2) is 18.2 Å². The molecule has 1 rings (SSSR count). The average molecular weight is 167 g/mol. The number of hydrogen-bond donors (Lipinski definition) is 2. The van der Waals surface area contributed by atoms with Crippen molar-refractivity contribution in [2.45, 2.75) is 13.8 Å². The molecule has 11 heavy (non-hydrogen) atoms. The van der Waals surface area contributed by atoms with Crippen molar-refractivity contribution in [3.05, 3.63) is 29.3 Å². The first-order valence-corrected chi connectivity index (χ1v) is 4.29. The van der Waals surface area contributed by atoms with Crippen molar-refractivity contribution >= 4 is 18.3 Å². The molecule has 0 unspecified atom stereocenters. The molecule has 0 aliphatic rings. The van der Waals surface area contributed by atoms with E-state index in [-0.39, 0.29) is 0 Å². The zero-order chi connectivity index (χ0) is 8.27. The van der Waals surface area contributed by atoms with Gasteiger partial charge in [-0.1, -0.05) is 12.1 Å². The summed E-state index contributed by atoms with van der Waals surface area (Å²) in [6, 6.07) is 6.35. The summed E-state index contributed by atoms with van der Waals surface area (Å²) in [5.41, 5.74) is 3.73. The monoisotopic (exact) mass is 167 g/mol. The lowest BCUT2D eigenvalue weighted by Gasteiger charge is -2.06. The topological polar surface area (TPSA) is 12.0 Å². The quantitative estimate of drug-likeness (QED) is 0.509. The molecular formula is C9H13NS. The number of anilines is 1. The highest BCUT2D eigenvalue weighted by molar-refractivity contribution is 7.80. The van der Waals surface area contributed by atoms with Gasteiger partial charge in [0.1, 0.15) is 0 Å². The van der Waals surface area contributed by atoms with E-state index in [1.807, 2.05) is 0 Å². The Balaban J connectivity index is 2.93. The first kappa shape index (κ1) is 8.47. The Morgan fingerprint density at radius 1 is 1.36 bits per heavy atom. The average Bonchev–Trinajstić information content (AvgIpc) is 1.98. The Bertz CT molecular complexity index is 245. The van der Waals surface area contributed by atoms with Crippen LogP contribution in [0.4, 0.5) is 5.69 Å². The molecule has 0 saturated carbocycles. The molecular weight excluding hydrogens is 154 g/mol. The number of rotatable bonds is 2. The third kappa shape index (κ3) is 2.15. The Labute approximate surface area is 73.2 Å². The Kier molecular flexibility index (Phi) is 2.83. The largest absolute Gasteiger partial charge is 0.376 e. The van der Waals surface area contributed by atoms with Crippen molar-refractivity contribution in [3.63, 3.8) is 0 Å². The van der Waals surface area contributed by atoms with E-state index in [9.17, 15) is 0 Å². The Hall–Kier alpha value is -0.630. The van der Waals surface area contributed by atoms with Crippen molar-refractivity contribution < 1.29 is 0 Å². The summed E-state index contributed by atoms with van der Waals surface area (Å²) in [5.74, 6) is 0.685. The van der Waals surface area contributed by atoms with Gasteiger partial charge in [0, 0.05) is 5.69 Å². The van der Waals surface area contributed by atoms with E-state index in [2.05, 4.69) is 50.0 Å². The van der Waals surface area contributed by atoms with Crippen LogP contribution in [0.1, 0.15) is 11.1 Å². The molecule has 0 fully saturated rings. The van der Waals surface area contributed by atoms with Gasteiger partial charge < -0.3 is 5.32 Å². The fourth-order valence-corrected chi connectivity index (χ4v) is 1.18. The van der Waals surface area contributed by atoms with E-state index in [0.29, 0.717) is 5.88 Å². The second kappa shape index (κ2) is 3.67. The molecule has 0 aliphatic heterocycles. The van der Waals surface area contributed by atoms with Crippen LogP contribution in [0.2, 0.25) is 0 Å². The Morgan fingerprint density at radius 3 is 2.73 bits per heavy atom. The first-order chi connectivity index (χ1) is 5.24. The molecule has 0 aromatic heterocycles. The molecule has 0 heterocycles. The molecule has 60 valence electrons. The second-order valence-corrected chi connectivity index (χ2v) is 2.97. The van der Waals surface area contributed by atoms with Crippen LogP contribution in [0.5, 0.6) is 0 Å². The molecule has 0 aliphatic carbocycles. The molecule has 2 heteroatoms. The SMILES string of the molecule is Cc1ccc(C)c(NCS)c1. The molecule has 1 nitrogen and oxygen atoms in total. The lowest BCUT2D eigenvalue weighted by Crippen LogP contribution is -1.96. The van der Waals surface area contributed by atoms with Gasteiger partial charge in [-0.15, -0.1) is 0 Å².